The van der Waals surface area contributed by atoms with Crippen LogP contribution in [-0.4, -0.2) is 32.8 Å². The first-order valence-electron chi connectivity index (χ1n) is 6.78. The molecule has 2 heterocycles. The molecule has 112 valence electrons. The molecule has 0 spiro atoms. The van der Waals surface area contributed by atoms with E-state index in [-0.39, 0.29) is 12.5 Å². The number of hydrogen-bond donors (Lipinski definition) is 1. The van der Waals surface area contributed by atoms with Crippen LogP contribution in [0.5, 0.6) is 5.88 Å². The number of rotatable bonds is 4. The molecule has 0 atom stereocenters. The molecule has 1 N–H and O–H groups in total. The predicted octanol–water partition coefficient (Wildman–Crippen LogP) is 1.37. The second-order valence-corrected chi connectivity index (χ2v) is 4.76. The van der Waals surface area contributed by atoms with E-state index in [9.17, 15) is 4.79 Å². The first kappa shape index (κ1) is 14.0. The minimum Gasteiger partial charge on any atom is -0.480 e. The summed E-state index contributed by atoms with van der Waals surface area (Å²) in [6.07, 6.45) is 0. The quantitative estimate of drug-likeness (QED) is 0.786. The number of fused-ring (bicyclic) bond motifs is 1. The zero-order chi connectivity index (χ0) is 15.5. The molecule has 0 fully saturated rings. The van der Waals surface area contributed by atoms with Gasteiger partial charge >= 0.3 is 0 Å². The summed E-state index contributed by atoms with van der Waals surface area (Å²) < 4.78 is 6.64. The first-order chi connectivity index (χ1) is 10.7. The van der Waals surface area contributed by atoms with Crippen LogP contribution < -0.4 is 10.1 Å². The van der Waals surface area contributed by atoms with Gasteiger partial charge in [0.15, 0.2) is 11.5 Å². The number of ether oxygens (including phenoxy) is 1. The molecule has 0 aliphatic heterocycles. The van der Waals surface area contributed by atoms with E-state index in [1.54, 1.807) is 22.7 Å². The Morgan fingerprint density at radius 1 is 1.23 bits per heavy atom. The molecule has 1 aromatic carbocycles. The maximum absolute atomic E-state index is 12.2. The second-order valence-electron chi connectivity index (χ2n) is 4.76. The third-order valence-corrected chi connectivity index (χ3v) is 3.31. The van der Waals surface area contributed by atoms with E-state index in [1.807, 2.05) is 25.1 Å². The van der Waals surface area contributed by atoms with E-state index >= 15 is 0 Å². The van der Waals surface area contributed by atoms with Gasteiger partial charge in [-0.2, -0.15) is 4.52 Å². The molecule has 7 heteroatoms. The van der Waals surface area contributed by atoms with Gasteiger partial charge in [-0.15, -0.1) is 15.3 Å². The van der Waals surface area contributed by atoms with Gasteiger partial charge < -0.3 is 10.1 Å². The molecule has 3 rings (SSSR count). The molecule has 0 aliphatic rings. The Hall–Kier alpha value is -2.96. The van der Waals surface area contributed by atoms with Crippen LogP contribution in [-0.2, 0) is 6.54 Å². The van der Waals surface area contributed by atoms with Crippen molar-refractivity contribution < 1.29 is 9.53 Å². The molecule has 0 bridgehead atoms. The summed E-state index contributed by atoms with van der Waals surface area (Å²) in [6.45, 7) is 2.13. The maximum Gasteiger partial charge on any atom is 0.251 e. The van der Waals surface area contributed by atoms with Gasteiger partial charge in [-0.3, -0.25) is 4.79 Å². The van der Waals surface area contributed by atoms with E-state index in [0.717, 1.165) is 5.56 Å². The topological polar surface area (TPSA) is 81.4 Å². The summed E-state index contributed by atoms with van der Waals surface area (Å²) in [5.74, 6) is 0.840. The number of amides is 1. The molecular weight excluding hydrogens is 282 g/mol. The van der Waals surface area contributed by atoms with E-state index in [0.29, 0.717) is 22.9 Å². The van der Waals surface area contributed by atoms with Crippen molar-refractivity contribution in [1.82, 2.24) is 25.1 Å². The van der Waals surface area contributed by atoms with Crippen molar-refractivity contribution in [3.63, 3.8) is 0 Å². The summed E-state index contributed by atoms with van der Waals surface area (Å²) in [4.78, 5) is 12.2. The molecule has 0 unspecified atom stereocenters. The van der Waals surface area contributed by atoms with Crippen LogP contribution in [0.3, 0.4) is 0 Å². The van der Waals surface area contributed by atoms with Crippen molar-refractivity contribution in [2.75, 3.05) is 7.11 Å². The summed E-state index contributed by atoms with van der Waals surface area (Å²) >= 11 is 0. The Kier molecular flexibility index (Phi) is 3.69. The minimum absolute atomic E-state index is 0.155. The van der Waals surface area contributed by atoms with E-state index in [4.69, 9.17) is 4.74 Å². The molecule has 2 aromatic heterocycles. The lowest BCUT2D eigenvalue weighted by Crippen LogP contribution is -2.25. The van der Waals surface area contributed by atoms with Crippen LogP contribution in [0.15, 0.2) is 36.4 Å². The minimum atomic E-state index is -0.155. The zero-order valence-electron chi connectivity index (χ0n) is 12.3. The van der Waals surface area contributed by atoms with Crippen molar-refractivity contribution in [3.05, 3.63) is 53.3 Å². The summed E-state index contributed by atoms with van der Waals surface area (Å²) in [7, 11) is 1.54. The lowest BCUT2D eigenvalue weighted by Gasteiger charge is -2.06. The van der Waals surface area contributed by atoms with Gasteiger partial charge in [-0.05, 0) is 24.6 Å². The zero-order valence-corrected chi connectivity index (χ0v) is 12.3. The standard InChI is InChI=1S/C15H15N5O2/c1-10-5-3-4-6-11(10)15(21)16-9-13-18-17-12-7-8-14(22-2)19-20(12)13/h3-8H,9H2,1-2H3,(H,16,21). The number of aryl methyl sites for hydroxylation is 1. The highest BCUT2D eigenvalue weighted by molar-refractivity contribution is 5.95. The smallest absolute Gasteiger partial charge is 0.251 e. The highest BCUT2D eigenvalue weighted by atomic mass is 16.5. The SMILES string of the molecule is COc1ccc2nnc(CNC(=O)c3ccccc3C)n2n1. The van der Waals surface area contributed by atoms with Crippen LogP contribution in [0.2, 0.25) is 0 Å². The van der Waals surface area contributed by atoms with Crippen LogP contribution in [0.1, 0.15) is 21.7 Å². The van der Waals surface area contributed by atoms with Crippen molar-refractivity contribution in [3.8, 4) is 5.88 Å². The molecule has 1 amide bonds. The molecule has 0 aliphatic carbocycles. The normalized spacial score (nSPS) is 10.6. The summed E-state index contributed by atoms with van der Waals surface area (Å²) in [5, 5.41) is 15.1. The molecule has 0 saturated carbocycles. The van der Waals surface area contributed by atoms with Crippen LogP contribution in [0, 0.1) is 6.92 Å². The third-order valence-electron chi connectivity index (χ3n) is 3.31. The average molecular weight is 297 g/mol. The fourth-order valence-electron chi connectivity index (χ4n) is 2.12. The number of aromatic nitrogens is 4. The highest BCUT2D eigenvalue weighted by Crippen LogP contribution is 2.09. The lowest BCUT2D eigenvalue weighted by molar-refractivity contribution is 0.0949. The van der Waals surface area contributed by atoms with Crippen molar-refractivity contribution in [1.29, 1.82) is 0 Å². The molecule has 22 heavy (non-hydrogen) atoms. The number of nitrogens with one attached hydrogen (secondary N) is 1. The highest BCUT2D eigenvalue weighted by Gasteiger charge is 2.11. The largest absolute Gasteiger partial charge is 0.480 e. The van der Waals surface area contributed by atoms with Gasteiger partial charge in [0.2, 0.25) is 5.88 Å². The molecule has 0 saturated heterocycles. The van der Waals surface area contributed by atoms with Crippen LogP contribution in [0.25, 0.3) is 5.65 Å². The van der Waals surface area contributed by atoms with Crippen molar-refractivity contribution in [2.45, 2.75) is 13.5 Å². The monoisotopic (exact) mass is 297 g/mol. The van der Waals surface area contributed by atoms with Crippen molar-refractivity contribution in [2.24, 2.45) is 0 Å². The molecular formula is C15H15N5O2. The van der Waals surface area contributed by atoms with Gasteiger partial charge in [-0.25, -0.2) is 0 Å². The Morgan fingerprint density at radius 3 is 2.82 bits per heavy atom. The molecule has 0 radical (unpaired) electrons. The Morgan fingerprint density at radius 2 is 2.05 bits per heavy atom. The number of carbonyl (C=O) groups excluding carboxylic acids is 1. The van der Waals surface area contributed by atoms with Crippen LogP contribution >= 0.6 is 0 Å². The fourth-order valence-corrected chi connectivity index (χ4v) is 2.12. The second kappa shape index (κ2) is 5.80. The van der Waals surface area contributed by atoms with Gasteiger partial charge in [0.25, 0.3) is 5.91 Å². The van der Waals surface area contributed by atoms with Crippen molar-refractivity contribution >= 4 is 11.6 Å². The van der Waals surface area contributed by atoms with E-state index in [2.05, 4.69) is 20.6 Å². The molecule has 7 nitrogen and oxygen atoms in total. The number of carbonyl (C=O) groups is 1. The van der Waals surface area contributed by atoms with Gasteiger partial charge in [0.05, 0.1) is 13.7 Å². The average Bonchev–Trinajstić information content (AvgIpc) is 2.95. The number of benzene rings is 1. The number of hydrogen-bond acceptors (Lipinski definition) is 5. The van der Waals surface area contributed by atoms with E-state index in [1.165, 1.54) is 7.11 Å². The third kappa shape index (κ3) is 2.60. The number of methoxy groups -OCH3 is 1. The van der Waals surface area contributed by atoms with E-state index < -0.39 is 0 Å². The van der Waals surface area contributed by atoms with Gasteiger partial charge in [0, 0.05) is 11.6 Å². The van der Waals surface area contributed by atoms with Crippen LogP contribution in [0.4, 0.5) is 0 Å². The molecule has 3 aromatic rings. The Balaban J connectivity index is 1.79. The van der Waals surface area contributed by atoms with Gasteiger partial charge in [0.1, 0.15) is 0 Å². The lowest BCUT2D eigenvalue weighted by atomic mass is 10.1. The fraction of sp³-hybridized carbons (Fsp3) is 0.200. The number of nitrogens with zero attached hydrogens (tertiary/aromatic N) is 4. The first-order valence-corrected chi connectivity index (χ1v) is 6.78. The Bertz CT molecular complexity index is 828. The summed E-state index contributed by atoms with van der Waals surface area (Å²) in [5.41, 5.74) is 2.16. The predicted molar refractivity (Wildman–Crippen MR) is 79.7 cm³/mol. The summed E-state index contributed by atoms with van der Waals surface area (Å²) in [6, 6.07) is 10.9. The maximum atomic E-state index is 12.2. The Labute approximate surface area is 126 Å². The van der Waals surface area contributed by atoms with Gasteiger partial charge in [-0.1, -0.05) is 18.2 Å².